The molecule has 19 heavy (non-hydrogen) atoms. The predicted octanol–water partition coefficient (Wildman–Crippen LogP) is 2.36. The summed E-state index contributed by atoms with van der Waals surface area (Å²) >= 11 is 1.84. The van der Waals surface area contributed by atoms with Gasteiger partial charge in [0.2, 0.25) is 0 Å². The van der Waals surface area contributed by atoms with Crippen LogP contribution in [0, 0.1) is 5.92 Å². The first kappa shape index (κ1) is 18.6. The number of ether oxygens (including phenoxy) is 1. The summed E-state index contributed by atoms with van der Waals surface area (Å²) in [6.07, 6.45) is 3.40. The third kappa shape index (κ3) is 10.1. The summed E-state index contributed by atoms with van der Waals surface area (Å²) in [5, 5.41) is 6.60. The largest absolute Gasteiger partial charge is 0.378 e. The minimum Gasteiger partial charge on any atom is -0.378 e. The number of hydrogen-bond donors (Lipinski definition) is 2. The number of aliphatic imine (C=N–C) groups is 1. The molecule has 0 amide bonds. The summed E-state index contributed by atoms with van der Waals surface area (Å²) in [7, 11) is 0. The van der Waals surface area contributed by atoms with E-state index in [0.29, 0.717) is 12.0 Å². The second-order valence-corrected chi connectivity index (χ2v) is 5.69. The van der Waals surface area contributed by atoms with Crippen molar-refractivity contribution in [3.63, 3.8) is 0 Å². The number of thioether (sulfide) groups is 1. The van der Waals surface area contributed by atoms with Crippen molar-refractivity contribution in [2.24, 2.45) is 10.9 Å². The Bertz CT molecular complexity index is 235. The van der Waals surface area contributed by atoms with Crippen molar-refractivity contribution in [1.29, 1.82) is 0 Å². The van der Waals surface area contributed by atoms with Crippen molar-refractivity contribution in [2.45, 2.75) is 40.2 Å². The van der Waals surface area contributed by atoms with Crippen LogP contribution in [0.3, 0.4) is 0 Å². The van der Waals surface area contributed by atoms with Gasteiger partial charge in [-0.3, -0.25) is 4.99 Å². The maximum absolute atomic E-state index is 5.73. The minimum atomic E-state index is 0.308. The van der Waals surface area contributed by atoms with Gasteiger partial charge in [-0.15, -0.1) is 0 Å². The first-order chi connectivity index (χ1) is 9.15. The van der Waals surface area contributed by atoms with Crippen molar-refractivity contribution in [3.8, 4) is 0 Å². The zero-order valence-corrected chi connectivity index (χ0v) is 14.0. The molecule has 0 aromatic carbocycles. The summed E-state index contributed by atoms with van der Waals surface area (Å²) in [6.45, 7) is 12.0. The van der Waals surface area contributed by atoms with Gasteiger partial charge in [0.25, 0.3) is 0 Å². The topological polar surface area (TPSA) is 45.7 Å². The Balaban J connectivity index is 4.12. The molecule has 0 aliphatic carbocycles. The maximum atomic E-state index is 5.73. The van der Waals surface area contributed by atoms with Crippen LogP contribution < -0.4 is 10.6 Å². The van der Waals surface area contributed by atoms with Gasteiger partial charge in [0.05, 0.1) is 6.10 Å². The molecule has 5 heteroatoms. The molecule has 2 N–H and O–H groups in total. The second kappa shape index (κ2) is 12.6. The fourth-order valence-corrected chi connectivity index (χ4v) is 2.05. The lowest BCUT2D eigenvalue weighted by atomic mass is 10.0. The molecule has 1 unspecified atom stereocenters. The summed E-state index contributed by atoms with van der Waals surface area (Å²) < 4.78 is 5.73. The van der Waals surface area contributed by atoms with Crippen LogP contribution in [0.15, 0.2) is 4.99 Å². The van der Waals surface area contributed by atoms with E-state index in [-0.39, 0.29) is 0 Å². The lowest BCUT2D eigenvalue weighted by Crippen LogP contribution is -2.38. The van der Waals surface area contributed by atoms with Gasteiger partial charge < -0.3 is 15.4 Å². The van der Waals surface area contributed by atoms with Crippen LogP contribution in [0.1, 0.15) is 34.1 Å². The van der Waals surface area contributed by atoms with Gasteiger partial charge in [-0.25, -0.2) is 0 Å². The average Bonchev–Trinajstić information content (AvgIpc) is 2.37. The number of rotatable bonds is 10. The molecule has 0 radical (unpaired) electrons. The Morgan fingerprint density at radius 1 is 1.26 bits per heavy atom. The van der Waals surface area contributed by atoms with Crippen molar-refractivity contribution < 1.29 is 4.74 Å². The molecule has 0 aliphatic heterocycles. The lowest BCUT2D eigenvalue weighted by molar-refractivity contribution is 0.0266. The van der Waals surface area contributed by atoms with E-state index >= 15 is 0 Å². The van der Waals surface area contributed by atoms with Gasteiger partial charge in [-0.2, -0.15) is 11.8 Å². The molecule has 0 saturated heterocycles. The summed E-state index contributed by atoms with van der Waals surface area (Å²) in [6, 6.07) is 0. The maximum Gasteiger partial charge on any atom is 0.191 e. The molecule has 1 atom stereocenters. The quantitative estimate of drug-likeness (QED) is 0.368. The molecule has 0 aromatic heterocycles. The SMILES string of the molecule is CCNC(=NCCC(OCC)C(C)C)NCCSC. The van der Waals surface area contributed by atoms with Crippen LogP contribution in [-0.2, 0) is 4.74 Å². The Morgan fingerprint density at radius 3 is 2.53 bits per heavy atom. The fourth-order valence-electron chi connectivity index (χ4n) is 1.74. The smallest absolute Gasteiger partial charge is 0.191 e. The van der Waals surface area contributed by atoms with Gasteiger partial charge in [-0.05, 0) is 32.4 Å². The number of nitrogens with one attached hydrogen (secondary N) is 2. The Labute approximate surface area is 123 Å². The van der Waals surface area contributed by atoms with Crippen LogP contribution in [0.25, 0.3) is 0 Å². The van der Waals surface area contributed by atoms with Crippen LogP contribution >= 0.6 is 11.8 Å². The molecule has 0 spiro atoms. The van der Waals surface area contributed by atoms with E-state index in [0.717, 1.165) is 44.4 Å². The summed E-state index contributed by atoms with van der Waals surface area (Å²) in [4.78, 5) is 4.59. The van der Waals surface area contributed by atoms with E-state index in [4.69, 9.17) is 4.74 Å². The molecule has 0 saturated carbocycles. The van der Waals surface area contributed by atoms with E-state index in [1.165, 1.54) is 0 Å². The van der Waals surface area contributed by atoms with Crippen LogP contribution in [-0.4, -0.2) is 50.3 Å². The van der Waals surface area contributed by atoms with Gasteiger partial charge in [0.15, 0.2) is 5.96 Å². The minimum absolute atomic E-state index is 0.308. The second-order valence-electron chi connectivity index (χ2n) is 4.71. The number of hydrogen-bond acceptors (Lipinski definition) is 3. The highest BCUT2D eigenvalue weighted by atomic mass is 32.2. The molecular weight excluding hydrogens is 258 g/mol. The van der Waals surface area contributed by atoms with Gasteiger partial charge in [0.1, 0.15) is 0 Å². The summed E-state index contributed by atoms with van der Waals surface area (Å²) in [5.41, 5.74) is 0. The van der Waals surface area contributed by atoms with E-state index in [1.807, 2.05) is 18.7 Å². The normalized spacial score (nSPS) is 13.7. The Kier molecular flexibility index (Phi) is 12.3. The molecular formula is C14H31N3OS. The zero-order chi connectivity index (χ0) is 14.5. The predicted molar refractivity (Wildman–Crippen MR) is 87.2 cm³/mol. The van der Waals surface area contributed by atoms with Crippen LogP contribution in [0.5, 0.6) is 0 Å². The average molecular weight is 289 g/mol. The number of guanidine groups is 1. The third-order valence-corrected chi connectivity index (χ3v) is 3.36. The molecule has 0 rings (SSSR count). The lowest BCUT2D eigenvalue weighted by Gasteiger charge is -2.20. The molecule has 0 aromatic rings. The van der Waals surface area contributed by atoms with E-state index in [9.17, 15) is 0 Å². The van der Waals surface area contributed by atoms with Gasteiger partial charge >= 0.3 is 0 Å². The highest BCUT2D eigenvalue weighted by Gasteiger charge is 2.12. The summed E-state index contributed by atoms with van der Waals surface area (Å²) in [5.74, 6) is 2.55. The van der Waals surface area contributed by atoms with E-state index in [2.05, 4.69) is 42.7 Å². The molecule has 114 valence electrons. The van der Waals surface area contributed by atoms with E-state index in [1.54, 1.807) is 0 Å². The van der Waals surface area contributed by atoms with Crippen molar-refractivity contribution >= 4 is 17.7 Å². The van der Waals surface area contributed by atoms with Crippen molar-refractivity contribution in [1.82, 2.24) is 10.6 Å². The molecule has 4 nitrogen and oxygen atoms in total. The molecule has 0 bridgehead atoms. The zero-order valence-electron chi connectivity index (χ0n) is 13.2. The van der Waals surface area contributed by atoms with Crippen LogP contribution in [0.4, 0.5) is 0 Å². The van der Waals surface area contributed by atoms with Crippen LogP contribution in [0.2, 0.25) is 0 Å². The van der Waals surface area contributed by atoms with Crippen molar-refractivity contribution in [3.05, 3.63) is 0 Å². The first-order valence-electron chi connectivity index (χ1n) is 7.28. The highest BCUT2D eigenvalue weighted by molar-refractivity contribution is 7.98. The highest BCUT2D eigenvalue weighted by Crippen LogP contribution is 2.10. The molecule has 0 fully saturated rings. The van der Waals surface area contributed by atoms with Gasteiger partial charge in [0, 0.05) is 32.0 Å². The Hall–Kier alpha value is -0.420. The molecule has 0 aliphatic rings. The Morgan fingerprint density at radius 2 is 2.00 bits per heavy atom. The standard InChI is InChI=1S/C14H31N3OS/c1-6-15-14(17-10-11-19-5)16-9-8-13(12(3)4)18-7-2/h12-13H,6-11H2,1-5H3,(H2,15,16,17). The molecule has 0 heterocycles. The monoisotopic (exact) mass is 289 g/mol. The van der Waals surface area contributed by atoms with Crippen molar-refractivity contribution in [2.75, 3.05) is 38.2 Å². The van der Waals surface area contributed by atoms with Gasteiger partial charge in [-0.1, -0.05) is 13.8 Å². The number of nitrogens with zero attached hydrogens (tertiary/aromatic N) is 1. The first-order valence-corrected chi connectivity index (χ1v) is 8.67. The van der Waals surface area contributed by atoms with E-state index < -0.39 is 0 Å². The third-order valence-electron chi connectivity index (χ3n) is 2.75. The fraction of sp³-hybridized carbons (Fsp3) is 0.929.